The molecule has 1 atom stereocenters. The normalized spacial score (nSPS) is 12.2. The van der Waals surface area contributed by atoms with E-state index in [0.717, 1.165) is 12.0 Å². The number of amides is 1. The Labute approximate surface area is 126 Å². The fourth-order valence-corrected chi connectivity index (χ4v) is 2.37. The summed E-state index contributed by atoms with van der Waals surface area (Å²) in [5.74, 6) is 0.0712. The van der Waals surface area contributed by atoms with E-state index in [-0.39, 0.29) is 11.5 Å². The van der Waals surface area contributed by atoms with Crippen molar-refractivity contribution in [2.45, 2.75) is 40.0 Å². The molecule has 2 N–H and O–H groups in total. The Hall–Kier alpha value is -1.84. The molecule has 0 heterocycles. The summed E-state index contributed by atoms with van der Waals surface area (Å²) in [6, 6.07) is 6.82. The first-order chi connectivity index (χ1) is 9.93. The zero-order valence-electron chi connectivity index (χ0n) is 13.1. The first kappa shape index (κ1) is 17.2. The summed E-state index contributed by atoms with van der Waals surface area (Å²) < 4.78 is 0. The molecule has 1 aromatic rings. The quantitative estimate of drug-likeness (QED) is 0.773. The molecule has 0 aliphatic carbocycles. The van der Waals surface area contributed by atoms with Crippen LogP contribution in [0.4, 0.5) is 0 Å². The smallest absolute Gasteiger partial charge is 0.335 e. The summed E-state index contributed by atoms with van der Waals surface area (Å²) in [5.41, 5.74) is 1.20. The summed E-state index contributed by atoms with van der Waals surface area (Å²) >= 11 is 0. The molecule has 116 valence electrons. The summed E-state index contributed by atoms with van der Waals surface area (Å²) in [7, 11) is 0. The molecule has 1 unspecified atom stereocenters. The van der Waals surface area contributed by atoms with Crippen molar-refractivity contribution in [3.8, 4) is 0 Å². The van der Waals surface area contributed by atoms with E-state index < -0.39 is 5.97 Å². The van der Waals surface area contributed by atoms with E-state index in [1.807, 2.05) is 6.07 Å². The summed E-state index contributed by atoms with van der Waals surface area (Å²) in [4.78, 5) is 22.8. The summed E-state index contributed by atoms with van der Waals surface area (Å²) in [6.45, 7) is 6.92. The molecule has 0 radical (unpaired) electrons. The van der Waals surface area contributed by atoms with Crippen LogP contribution in [0.3, 0.4) is 0 Å². The van der Waals surface area contributed by atoms with Gasteiger partial charge in [0.15, 0.2) is 0 Å². The van der Waals surface area contributed by atoms with Gasteiger partial charge in [0.25, 0.3) is 0 Å². The maximum atomic E-state index is 11.9. The maximum absolute atomic E-state index is 11.9. The van der Waals surface area contributed by atoms with E-state index >= 15 is 0 Å². The molecule has 1 aromatic carbocycles. The van der Waals surface area contributed by atoms with E-state index in [1.165, 1.54) is 0 Å². The molecule has 0 aliphatic rings. The van der Waals surface area contributed by atoms with Crippen LogP contribution in [0.15, 0.2) is 24.3 Å². The molecule has 1 amide bonds. The fourth-order valence-electron chi connectivity index (χ4n) is 2.37. The molecular formula is C17H25NO3. The molecule has 0 aromatic heterocycles. The van der Waals surface area contributed by atoms with Crippen LogP contribution in [0.2, 0.25) is 0 Å². The predicted molar refractivity (Wildman–Crippen MR) is 83.4 cm³/mol. The van der Waals surface area contributed by atoms with Crippen LogP contribution in [-0.4, -0.2) is 23.5 Å². The van der Waals surface area contributed by atoms with Gasteiger partial charge in [-0.2, -0.15) is 0 Å². The standard InChI is InChI=1S/C17H25NO3/c1-4-14(12(2)3)11-16(19)18-9-8-13-6-5-7-15(10-13)17(20)21/h5-7,10,12,14H,4,8-9,11H2,1-3H3,(H,18,19)(H,20,21). The Morgan fingerprint density at radius 3 is 2.57 bits per heavy atom. The number of nitrogens with one attached hydrogen (secondary N) is 1. The van der Waals surface area contributed by atoms with Crippen LogP contribution in [0, 0.1) is 11.8 Å². The van der Waals surface area contributed by atoms with Crippen molar-refractivity contribution in [2.75, 3.05) is 6.54 Å². The van der Waals surface area contributed by atoms with E-state index in [9.17, 15) is 9.59 Å². The highest BCUT2D eigenvalue weighted by Gasteiger charge is 2.15. The van der Waals surface area contributed by atoms with Gasteiger partial charge < -0.3 is 10.4 Å². The zero-order valence-corrected chi connectivity index (χ0v) is 13.1. The second-order valence-corrected chi connectivity index (χ2v) is 5.72. The topological polar surface area (TPSA) is 66.4 Å². The highest BCUT2D eigenvalue weighted by atomic mass is 16.4. The maximum Gasteiger partial charge on any atom is 0.335 e. The molecular weight excluding hydrogens is 266 g/mol. The molecule has 4 heteroatoms. The Balaban J connectivity index is 2.41. The third-order valence-electron chi connectivity index (χ3n) is 3.82. The lowest BCUT2D eigenvalue weighted by molar-refractivity contribution is -0.122. The third-order valence-corrected chi connectivity index (χ3v) is 3.82. The van der Waals surface area contributed by atoms with Gasteiger partial charge in [-0.3, -0.25) is 4.79 Å². The Bertz CT molecular complexity index is 483. The third kappa shape index (κ3) is 5.98. The highest BCUT2D eigenvalue weighted by Crippen LogP contribution is 2.18. The van der Waals surface area contributed by atoms with Crippen molar-refractivity contribution in [1.82, 2.24) is 5.32 Å². The van der Waals surface area contributed by atoms with Crippen LogP contribution in [0.25, 0.3) is 0 Å². The lowest BCUT2D eigenvalue weighted by atomic mass is 9.90. The van der Waals surface area contributed by atoms with E-state index in [4.69, 9.17) is 5.11 Å². The summed E-state index contributed by atoms with van der Waals surface area (Å²) in [6.07, 6.45) is 2.21. The molecule has 21 heavy (non-hydrogen) atoms. The van der Waals surface area contributed by atoms with E-state index in [2.05, 4.69) is 26.1 Å². The van der Waals surface area contributed by atoms with Crippen molar-refractivity contribution in [3.05, 3.63) is 35.4 Å². The minimum atomic E-state index is -0.927. The van der Waals surface area contributed by atoms with E-state index in [1.54, 1.807) is 18.2 Å². The first-order valence-corrected chi connectivity index (χ1v) is 7.53. The van der Waals surface area contributed by atoms with Gasteiger partial charge >= 0.3 is 5.97 Å². The fraction of sp³-hybridized carbons (Fsp3) is 0.529. The predicted octanol–water partition coefficient (Wildman–Crippen LogP) is 3.12. The van der Waals surface area contributed by atoms with Gasteiger partial charge in [-0.15, -0.1) is 0 Å². The van der Waals surface area contributed by atoms with Gasteiger partial charge in [-0.1, -0.05) is 39.3 Å². The van der Waals surface area contributed by atoms with Gasteiger partial charge in [0, 0.05) is 13.0 Å². The second kappa shape index (κ2) is 8.45. The largest absolute Gasteiger partial charge is 0.478 e. The Kier molecular flexibility index (Phi) is 6.92. The molecule has 0 saturated carbocycles. The SMILES string of the molecule is CCC(CC(=O)NCCc1cccc(C(=O)O)c1)C(C)C. The number of benzene rings is 1. The lowest BCUT2D eigenvalue weighted by Crippen LogP contribution is -2.28. The van der Waals surface area contributed by atoms with Gasteiger partial charge in [-0.25, -0.2) is 4.79 Å². The molecule has 1 rings (SSSR count). The number of hydrogen-bond acceptors (Lipinski definition) is 2. The molecule has 0 spiro atoms. The van der Waals surface area contributed by atoms with Crippen LogP contribution < -0.4 is 5.32 Å². The van der Waals surface area contributed by atoms with Crippen molar-refractivity contribution < 1.29 is 14.7 Å². The summed E-state index contributed by atoms with van der Waals surface area (Å²) in [5, 5.41) is 11.8. The van der Waals surface area contributed by atoms with Crippen LogP contribution in [-0.2, 0) is 11.2 Å². The average molecular weight is 291 g/mol. The van der Waals surface area contributed by atoms with Crippen molar-refractivity contribution in [3.63, 3.8) is 0 Å². The first-order valence-electron chi connectivity index (χ1n) is 7.53. The Morgan fingerprint density at radius 1 is 1.29 bits per heavy atom. The Morgan fingerprint density at radius 2 is 2.00 bits per heavy atom. The number of carboxylic acids is 1. The number of aromatic carboxylic acids is 1. The van der Waals surface area contributed by atoms with Gasteiger partial charge in [0.05, 0.1) is 5.56 Å². The van der Waals surface area contributed by atoms with Crippen LogP contribution >= 0.6 is 0 Å². The van der Waals surface area contributed by atoms with Gasteiger partial charge in [0.1, 0.15) is 0 Å². The minimum Gasteiger partial charge on any atom is -0.478 e. The number of carbonyl (C=O) groups is 2. The molecule has 0 fully saturated rings. The van der Waals surface area contributed by atoms with Gasteiger partial charge in [0.2, 0.25) is 5.91 Å². The number of carbonyl (C=O) groups excluding carboxylic acids is 1. The van der Waals surface area contributed by atoms with Crippen molar-refractivity contribution in [1.29, 1.82) is 0 Å². The van der Waals surface area contributed by atoms with Gasteiger partial charge in [-0.05, 0) is 36.0 Å². The average Bonchev–Trinajstić information content (AvgIpc) is 2.44. The molecule has 0 saturated heterocycles. The monoisotopic (exact) mass is 291 g/mol. The molecule has 0 aliphatic heterocycles. The van der Waals surface area contributed by atoms with E-state index in [0.29, 0.717) is 31.2 Å². The minimum absolute atomic E-state index is 0.0740. The second-order valence-electron chi connectivity index (χ2n) is 5.72. The number of rotatable bonds is 8. The van der Waals surface area contributed by atoms with Crippen molar-refractivity contribution >= 4 is 11.9 Å². The van der Waals surface area contributed by atoms with Crippen LogP contribution in [0.5, 0.6) is 0 Å². The molecule has 0 bridgehead atoms. The van der Waals surface area contributed by atoms with Crippen LogP contribution in [0.1, 0.15) is 49.5 Å². The van der Waals surface area contributed by atoms with Crippen molar-refractivity contribution in [2.24, 2.45) is 11.8 Å². The zero-order chi connectivity index (χ0) is 15.8. The highest BCUT2D eigenvalue weighted by molar-refractivity contribution is 5.87. The number of hydrogen-bond donors (Lipinski definition) is 2. The lowest BCUT2D eigenvalue weighted by Gasteiger charge is -2.18. The molecule has 4 nitrogen and oxygen atoms in total. The number of carboxylic acid groups (broad SMARTS) is 1.